The Bertz CT molecular complexity index is 716. The normalized spacial score (nSPS) is 22.7. The molecule has 0 N–H and O–H groups in total. The summed E-state index contributed by atoms with van der Waals surface area (Å²) in [5, 5.41) is 0. The molecule has 3 heterocycles. The number of benzene rings is 1. The number of aryl methyl sites for hydroxylation is 1. The highest BCUT2D eigenvalue weighted by Gasteiger charge is 2.44. The summed E-state index contributed by atoms with van der Waals surface area (Å²) in [6.45, 7) is 3.83. The van der Waals surface area contributed by atoms with Gasteiger partial charge in [-0.1, -0.05) is 29.8 Å². The molecule has 2 aromatic rings. The van der Waals surface area contributed by atoms with Crippen molar-refractivity contribution in [3.8, 4) is 0 Å². The van der Waals surface area contributed by atoms with Crippen LogP contribution in [0.4, 0.5) is 5.95 Å². The Morgan fingerprint density at radius 3 is 2.54 bits per heavy atom. The third-order valence-electron chi connectivity index (χ3n) is 5.18. The van der Waals surface area contributed by atoms with Gasteiger partial charge in [0.05, 0.1) is 18.5 Å². The fourth-order valence-electron chi connectivity index (χ4n) is 3.97. The zero-order valence-corrected chi connectivity index (χ0v) is 13.9. The van der Waals surface area contributed by atoms with Crippen LogP contribution in [0.2, 0.25) is 0 Å². The van der Waals surface area contributed by atoms with Crippen LogP contribution in [-0.2, 0) is 11.2 Å². The minimum Gasteiger partial charge on any atom is -0.337 e. The maximum atomic E-state index is 12.8. The minimum absolute atomic E-state index is 0.238. The average Bonchev–Trinajstić information content (AvgIpc) is 3.19. The van der Waals surface area contributed by atoms with Gasteiger partial charge in [-0.2, -0.15) is 0 Å². The van der Waals surface area contributed by atoms with E-state index >= 15 is 0 Å². The van der Waals surface area contributed by atoms with Crippen molar-refractivity contribution in [1.29, 1.82) is 0 Å². The highest BCUT2D eigenvalue weighted by molar-refractivity contribution is 5.79. The molecule has 1 aromatic carbocycles. The zero-order chi connectivity index (χ0) is 16.5. The highest BCUT2D eigenvalue weighted by atomic mass is 16.2. The van der Waals surface area contributed by atoms with E-state index in [1.165, 1.54) is 5.56 Å². The second-order valence-electron chi connectivity index (χ2n) is 6.70. The van der Waals surface area contributed by atoms with Crippen LogP contribution >= 0.6 is 0 Å². The summed E-state index contributed by atoms with van der Waals surface area (Å²) >= 11 is 0. The van der Waals surface area contributed by atoms with E-state index in [9.17, 15) is 4.79 Å². The van der Waals surface area contributed by atoms with Gasteiger partial charge in [-0.25, -0.2) is 9.97 Å². The molecule has 2 atom stereocenters. The fourth-order valence-corrected chi connectivity index (χ4v) is 3.97. The maximum absolute atomic E-state index is 12.8. The van der Waals surface area contributed by atoms with Crippen molar-refractivity contribution in [3.63, 3.8) is 0 Å². The van der Waals surface area contributed by atoms with Gasteiger partial charge in [0.15, 0.2) is 0 Å². The van der Waals surface area contributed by atoms with Crippen LogP contribution in [0.5, 0.6) is 0 Å². The second-order valence-corrected chi connectivity index (χ2v) is 6.70. The van der Waals surface area contributed by atoms with Crippen molar-refractivity contribution in [2.24, 2.45) is 0 Å². The Morgan fingerprint density at radius 2 is 1.79 bits per heavy atom. The van der Waals surface area contributed by atoms with Crippen molar-refractivity contribution in [1.82, 2.24) is 14.9 Å². The lowest BCUT2D eigenvalue weighted by Gasteiger charge is -2.25. The maximum Gasteiger partial charge on any atom is 0.227 e. The van der Waals surface area contributed by atoms with Gasteiger partial charge in [0, 0.05) is 25.5 Å². The van der Waals surface area contributed by atoms with Crippen molar-refractivity contribution >= 4 is 11.9 Å². The molecule has 0 unspecified atom stereocenters. The van der Waals surface area contributed by atoms with Crippen molar-refractivity contribution in [3.05, 3.63) is 53.9 Å². The molecular weight excluding hydrogens is 300 g/mol. The first kappa shape index (κ1) is 15.1. The molecule has 124 valence electrons. The smallest absolute Gasteiger partial charge is 0.227 e. The van der Waals surface area contributed by atoms with E-state index in [1.54, 1.807) is 12.4 Å². The summed E-state index contributed by atoms with van der Waals surface area (Å²) in [5.74, 6) is 1.03. The molecule has 4 rings (SSSR count). The summed E-state index contributed by atoms with van der Waals surface area (Å²) in [6.07, 6.45) is 6.06. The standard InChI is InChI=1S/C19H22N4O/c1-14-3-5-15(6-4-14)13-18(24)22-11-7-17-16(22)8-12-23(17)19-20-9-2-10-21-19/h2-6,9-10,16-17H,7-8,11-13H2,1H3/t16-,17-/m0/s1. The summed E-state index contributed by atoms with van der Waals surface area (Å²) < 4.78 is 0. The molecule has 2 saturated heterocycles. The summed E-state index contributed by atoms with van der Waals surface area (Å²) in [4.78, 5) is 25.9. The fraction of sp³-hybridized carbons (Fsp3) is 0.421. The zero-order valence-electron chi connectivity index (χ0n) is 13.9. The quantitative estimate of drug-likeness (QED) is 0.869. The van der Waals surface area contributed by atoms with E-state index in [0.29, 0.717) is 18.5 Å². The molecule has 2 aliphatic rings. The summed E-state index contributed by atoms with van der Waals surface area (Å²) in [6, 6.07) is 10.7. The van der Waals surface area contributed by atoms with Crippen LogP contribution in [-0.4, -0.2) is 45.9 Å². The lowest BCUT2D eigenvalue weighted by molar-refractivity contribution is -0.131. The van der Waals surface area contributed by atoms with Gasteiger partial charge in [-0.3, -0.25) is 4.79 Å². The van der Waals surface area contributed by atoms with E-state index in [0.717, 1.165) is 37.4 Å². The number of carbonyl (C=O) groups excluding carboxylic acids is 1. The molecule has 2 fully saturated rings. The number of likely N-dealkylation sites (tertiary alicyclic amines) is 1. The molecule has 1 amide bonds. The first-order chi connectivity index (χ1) is 11.7. The van der Waals surface area contributed by atoms with Crippen LogP contribution < -0.4 is 4.90 Å². The number of carbonyl (C=O) groups is 1. The molecule has 0 spiro atoms. The Hall–Kier alpha value is -2.43. The van der Waals surface area contributed by atoms with E-state index in [-0.39, 0.29) is 5.91 Å². The van der Waals surface area contributed by atoms with Gasteiger partial charge in [0.2, 0.25) is 11.9 Å². The molecule has 2 aliphatic heterocycles. The van der Waals surface area contributed by atoms with Crippen molar-refractivity contribution in [2.45, 2.75) is 38.3 Å². The number of rotatable bonds is 3. The molecule has 0 bridgehead atoms. The monoisotopic (exact) mass is 322 g/mol. The van der Waals surface area contributed by atoms with E-state index in [1.807, 2.05) is 6.07 Å². The minimum atomic E-state index is 0.238. The van der Waals surface area contributed by atoms with Gasteiger partial charge in [-0.05, 0) is 31.4 Å². The first-order valence-corrected chi connectivity index (χ1v) is 8.61. The SMILES string of the molecule is Cc1ccc(CC(=O)N2CC[C@H]3[C@@H]2CCN3c2ncccn2)cc1. The number of amides is 1. The number of fused-ring (bicyclic) bond motifs is 1. The number of hydrogen-bond donors (Lipinski definition) is 0. The summed E-state index contributed by atoms with van der Waals surface area (Å²) in [5.41, 5.74) is 2.32. The third kappa shape index (κ3) is 2.75. The van der Waals surface area contributed by atoms with Crippen LogP contribution in [0.1, 0.15) is 24.0 Å². The topological polar surface area (TPSA) is 49.3 Å². The number of aromatic nitrogens is 2. The van der Waals surface area contributed by atoms with Gasteiger partial charge in [-0.15, -0.1) is 0 Å². The van der Waals surface area contributed by atoms with E-state index in [2.05, 4.69) is 51.0 Å². The molecule has 0 aliphatic carbocycles. The Labute approximate surface area is 142 Å². The van der Waals surface area contributed by atoms with Crippen LogP contribution in [0, 0.1) is 6.92 Å². The highest BCUT2D eigenvalue weighted by Crippen LogP contribution is 2.33. The Balaban J connectivity index is 1.45. The predicted octanol–water partition coefficient (Wildman–Crippen LogP) is 2.21. The molecule has 1 aromatic heterocycles. The molecule has 0 radical (unpaired) electrons. The number of nitrogens with zero attached hydrogens (tertiary/aromatic N) is 4. The molecule has 5 heteroatoms. The van der Waals surface area contributed by atoms with Crippen LogP contribution in [0.3, 0.4) is 0 Å². The van der Waals surface area contributed by atoms with Gasteiger partial charge in [0.1, 0.15) is 0 Å². The largest absolute Gasteiger partial charge is 0.337 e. The van der Waals surface area contributed by atoms with Gasteiger partial charge < -0.3 is 9.80 Å². The molecule has 24 heavy (non-hydrogen) atoms. The molecular formula is C19H22N4O. The Kier molecular flexibility index (Phi) is 3.92. The third-order valence-corrected chi connectivity index (χ3v) is 5.18. The Morgan fingerprint density at radius 1 is 1.08 bits per heavy atom. The van der Waals surface area contributed by atoms with Gasteiger partial charge in [0.25, 0.3) is 0 Å². The lowest BCUT2D eigenvalue weighted by Crippen LogP contribution is -2.40. The molecule has 5 nitrogen and oxygen atoms in total. The van der Waals surface area contributed by atoms with Crippen LogP contribution in [0.25, 0.3) is 0 Å². The van der Waals surface area contributed by atoms with E-state index < -0.39 is 0 Å². The second kappa shape index (κ2) is 6.23. The number of hydrogen-bond acceptors (Lipinski definition) is 4. The molecule has 0 saturated carbocycles. The van der Waals surface area contributed by atoms with Gasteiger partial charge >= 0.3 is 0 Å². The van der Waals surface area contributed by atoms with E-state index in [4.69, 9.17) is 0 Å². The van der Waals surface area contributed by atoms with Crippen molar-refractivity contribution < 1.29 is 4.79 Å². The number of anilines is 1. The predicted molar refractivity (Wildman–Crippen MR) is 92.8 cm³/mol. The summed E-state index contributed by atoms with van der Waals surface area (Å²) in [7, 11) is 0. The average molecular weight is 322 g/mol. The lowest BCUT2D eigenvalue weighted by atomic mass is 10.1. The first-order valence-electron chi connectivity index (χ1n) is 8.61. The van der Waals surface area contributed by atoms with Crippen LogP contribution in [0.15, 0.2) is 42.7 Å². The van der Waals surface area contributed by atoms with Crippen molar-refractivity contribution in [2.75, 3.05) is 18.0 Å².